The highest BCUT2D eigenvalue weighted by Gasteiger charge is 2.19. The van der Waals surface area contributed by atoms with Crippen LogP contribution in [0.25, 0.3) is 0 Å². The van der Waals surface area contributed by atoms with Gasteiger partial charge in [0.1, 0.15) is 0 Å². The van der Waals surface area contributed by atoms with E-state index in [2.05, 4.69) is 6.92 Å². The standard InChI is InChI=1S/C19H31NO5S/c1-3-4-5-6-7-8-9-10-11-12-15-25-19-14-13-17(26(2,23)24)16-18(19)20(21)22/h13-14,16H,3-12,15H2,1-2H3. The Morgan fingerprint density at radius 1 is 0.962 bits per heavy atom. The second-order valence-corrected chi connectivity index (χ2v) is 8.70. The number of nitro benzene ring substituents is 1. The van der Waals surface area contributed by atoms with Gasteiger partial charge >= 0.3 is 5.69 Å². The van der Waals surface area contributed by atoms with Crippen molar-refractivity contribution in [1.82, 2.24) is 0 Å². The summed E-state index contributed by atoms with van der Waals surface area (Å²) in [5, 5.41) is 11.1. The normalized spacial score (nSPS) is 11.5. The fourth-order valence-electron chi connectivity index (χ4n) is 2.76. The van der Waals surface area contributed by atoms with Gasteiger partial charge in [-0.25, -0.2) is 8.42 Å². The molecule has 0 aliphatic heterocycles. The van der Waals surface area contributed by atoms with Crippen molar-refractivity contribution in [3.05, 3.63) is 28.3 Å². The smallest absolute Gasteiger partial charge is 0.312 e. The van der Waals surface area contributed by atoms with Crippen LogP contribution < -0.4 is 4.74 Å². The number of sulfone groups is 1. The Labute approximate surface area is 157 Å². The molecule has 0 saturated heterocycles. The molecule has 0 saturated carbocycles. The lowest BCUT2D eigenvalue weighted by Crippen LogP contribution is -2.03. The summed E-state index contributed by atoms with van der Waals surface area (Å²) in [5.41, 5.74) is -0.306. The Hall–Kier alpha value is -1.63. The summed E-state index contributed by atoms with van der Waals surface area (Å²) in [6, 6.07) is 3.77. The Morgan fingerprint density at radius 3 is 2.00 bits per heavy atom. The SMILES string of the molecule is CCCCCCCCCCCCOc1ccc(S(C)(=O)=O)cc1[N+](=O)[O-]. The first-order chi connectivity index (χ1) is 12.4. The lowest BCUT2D eigenvalue weighted by molar-refractivity contribution is -0.386. The Balaban J connectivity index is 2.30. The molecule has 0 unspecified atom stereocenters. The number of ether oxygens (including phenoxy) is 1. The number of nitro groups is 1. The molecular weight excluding hydrogens is 354 g/mol. The van der Waals surface area contributed by atoms with Crippen molar-refractivity contribution in [2.24, 2.45) is 0 Å². The van der Waals surface area contributed by atoms with Gasteiger partial charge in [0.05, 0.1) is 16.4 Å². The number of unbranched alkanes of at least 4 members (excludes halogenated alkanes) is 9. The third-order valence-electron chi connectivity index (χ3n) is 4.31. The van der Waals surface area contributed by atoms with E-state index >= 15 is 0 Å². The predicted octanol–water partition coefficient (Wildman–Crippen LogP) is 5.30. The molecule has 0 aliphatic rings. The van der Waals surface area contributed by atoms with Crippen molar-refractivity contribution in [3.8, 4) is 5.75 Å². The predicted molar refractivity (Wildman–Crippen MR) is 104 cm³/mol. The highest BCUT2D eigenvalue weighted by molar-refractivity contribution is 7.90. The first-order valence-corrected chi connectivity index (χ1v) is 11.4. The van der Waals surface area contributed by atoms with Crippen LogP contribution in [-0.2, 0) is 9.84 Å². The molecule has 148 valence electrons. The van der Waals surface area contributed by atoms with Crippen LogP contribution in [0.15, 0.2) is 23.1 Å². The van der Waals surface area contributed by atoms with Crippen LogP contribution in [0, 0.1) is 10.1 Å². The third kappa shape index (κ3) is 8.65. The highest BCUT2D eigenvalue weighted by Crippen LogP contribution is 2.30. The molecule has 0 spiro atoms. The van der Waals surface area contributed by atoms with Gasteiger partial charge in [-0.15, -0.1) is 0 Å². The van der Waals surface area contributed by atoms with E-state index in [1.54, 1.807) is 0 Å². The van der Waals surface area contributed by atoms with Crippen LogP contribution in [0.1, 0.15) is 71.1 Å². The minimum atomic E-state index is -3.48. The van der Waals surface area contributed by atoms with E-state index in [4.69, 9.17) is 4.74 Å². The van der Waals surface area contributed by atoms with Crippen molar-refractivity contribution in [2.45, 2.75) is 76.0 Å². The van der Waals surface area contributed by atoms with Gasteiger partial charge in [-0.1, -0.05) is 64.7 Å². The maximum Gasteiger partial charge on any atom is 0.312 e. The highest BCUT2D eigenvalue weighted by atomic mass is 32.2. The van der Waals surface area contributed by atoms with Gasteiger partial charge in [-0.3, -0.25) is 10.1 Å². The number of hydrogen-bond acceptors (Lipinski definition) is 5. The van der Waals surface area contributed by atoms with Crippen molar-refractivity contribution in [2.75, 3.05) is 12.9 Å². The van der Waals surface area contributed by atoms with Crippen molar-refractivity contribution in [3.63, 3.8) is 0 Å². The average Bonchev–Trinajstić information content (AvgIpc) is 2.58. The zero-order chi connectivity index (χ0) is 19.4. The molecule has 26 heavy (non-hydrogen) atoms. The zero-order valence-corrected chi connectivity index (χ0v) is 16.7. The van der Waals surface area contributed by atoms with E-state index in [0.717, 1.165) is 31.6 Å². The molecule has 0 amide bonds. The van der Waals surface area contributed by atoms with Crippen molar-refractivity contribution >= 4 is 15.5 Å². The van der Waals surface area contributed by atoms with Crippen LogP contribution in [-0.4, -0.2) is 26.2 Å². The van der Waals surface area contributed by atoms with E-state index < -0.39 is 14.8 Å². The molecule has 0 radical (unpaired) electrons. The Bertz CT molecular complexity index is 658. The van der Waals surface area contributed by atoms with E-state index in [1.807, 2.05) is 0 Å². The van der Waals surface area contributed by atoms with Crippen molar-refractivity contribution < 1.29 is 18.1 Å². The van der Waals surface area contributed by atoms with E-state index in [0.29, 0.717) is 6.61 Å². The van der Waals surface area contributed by atoms with Crippen LogP contribution in [0.4, 0.5) is 5.69 Å². The minimum Gasteiger partial charge on any atom is -0.487 e. The number of rotatable bonds is 14. The van der Waals surface area contributed by atoms with Gasteiger partial charge in [-0.05, 0) is 18.6 Å². The topological polar surface area (TPSA) is 86.5 Å². The van der Waals surface area contributed by atoms with Gasteiger partial charge in [0, 0.05) is 12.3 Å². The number of nitrogens with zero attached hydrogens (tertiary/aromatic N) is 1. The summed E-state index contributed by atoms with van der Waals surface area (Å²) in [4.78, 5) is 10.5. The minimum absolute atomic E-state index is 0.0736. The van der Waals surface area contributed by atoms with Gasteiger partial charge < -0.3 is 4.74 Å². The molecule has 1 aromatic rings. The summed E-state index contributed by atoms with van der Waals surface area (Å²) in [5.74, 6) is 0.123. The molecule has 0 atom stereocenters. The van der Waals surface area contributed by atoms with Crippen molar-refractivity contribution in [1.29, 1.82) is 0 Å². The molecule has 6 nitrogen and oxygen atoms in total. The molecule has 0 aromatic heterocycles. The van der Waals surface area contributed by atoms with Gasteiger partial charge in [0.2, 0.25) is 0 Å². The fourth-order valence-corrected chi connectivity index (χ4v) is 3.41. The van der Waals surface area contributed by atoms with Gasteiger partial charge in [0.25, 0.3) is 0 Å². The monoisotopic (exact) mass is 385 g/mol. The molecule has 7 heteroatoms. The van der Waals surface area contributed by atoms with E-state index in [1.165, 1.54) is 57.1 Å². The number of hydrogen-bond donors (Lipinski definition) is 0. The molecule has 0 N–H and O–H groups in total. The van der Waals surface area contributed by atoms with Crippen LogP contribution in [0.5, 0.6) is 5.75 Å². The Morgan fingerprint density at radius 2 is 1.50 bits per heavy atom. The molecule has 1 aromatic carbocycles. The maximum atomic E-state index is 11.5. The summed E-state index contributed by atoms with van der Waals surface area (Å²) >= 11 is 0. The summed E-state index contributed by atoms with van der Waals surface area (Å²) in [7, 11) is -3.48. The summed E-state index contributed by atoms with van der Waals surface area (Å²) in [6.45, 7) is 2.62. The van der Waals surface area contributed by atoms with Crippen LogP contribution >= 0.6 is 0 Å². The maximum absolute atomic E-state index is 11.5. The Kier molecular flexibility index (Phi) is 10.2. The quantitative estimate of drug-likeness (QED) is 0.246. The lowest BCUT2D eigenvalue weighted by atomic mass is 10.1. The molecule has 0 fully saturated rings. The van der Waals surface area contributed by atoms with Crippen LogP contribution in [0.2, 0.25) is 0 Å². The first kappa shape index (κ1) is 22.4. The third-order valence-corrected chi connectivity index (χ3v) is 5.42. The fraction of sp³-hybridized carbons (Fsp3) is 0.684. The molecular formula is C19H31NO5S. The van der Waals surface area contributed by atoms with Gasteiger partial charge in [-0.2, -0.15) is 0 Å². The van der Waals surface area contributed by atoms with Gasteiger partial charge in [0.15, 0.2) is 15.6 Å². The molecule has 0 heterocycles. The summed E-state index contributed by atoms with van der Waals surface area (Å²) in [6.07, 6.45) is 13.1. The second kappa shape index (κ2) is 11.9. The van der Waals surface area contributed by atoms with E-state index in [9.17, 15) is 18.5 Å². The lowest BCUT2D eigenvalue weighted by Gasteiger charge is -2.08. The first-order valence-electron chi connectivity index (χ1n) is 9.47. The largest absolute Gasteiger partial charge is 0.487 e. The van der Waals surface area contributed by atoms with Crippen LogP contribution in [0.3, 0.4) is 0 Å². The average molecular weight is 386 g/mol. The summed E-state index contributed by atoms with van der Waals surface area (Å²) < 4.78 is 28.5. The van der Waals surface area contributed by atoms with E-state index in [-0.39, 0.29) is 16.3 Å². The molecule has 1 rings (SSSR count). The second-order valence-electron chi connectivity index (χ2n) is 6.69. The number of benzene rings is 1. The molecule has 0 aliphatic carbocycles. The zero-order valence-electron chi connectivity index (χ0n) is 15.9. The molecule has 0 bridgehead atoms.